The summed E-state index contributed by atoms with van der Waals surface area (Å²) in [7, 11) is 2.00. The van der Waals surface area contributed by atoms with E-state index >= 15 is 0 Å². The highest BCUT2D eigenvalue weighted by Crippen LogP contribution is 2.38. The fourth-order valence-corrected chi connectivity index (χ4v) is 3.42. The van der Waals surface area contributed by atoms with E-state index in [0.717, 1.165) is 25.0 Å². The number of nitrogens with one attached hydrogen (secondary N) is 1. The Morgan fingerprint density at radius 2 is 2.00 bits per heavy atom. The van der Waals surface area contributed by atoms with Gasteiger partial charge in [-0.2, -0.15) is 0 Å². The van der Waals surface area contributed by atoms with Crippen molar-refractivity contribution < 1.29 is 14.2 Å². The maximum Gasteiger partial charge on any atom is 0.172 e. The SMILES string of the molecule is CNC1CCC2(CC1Oc1ccc(C)cc1C)OCCO2. The molecule has 4 heteroatoms. The van der Waals surface area contributed by atoms with Crippen LogP contribution in [0.2, 0.25) is 0 Å². The first-order valence-corrected chi connectivity index (χ1v) is 7.81. The molecule has 4 nitrogen and oxygen atoms in total. The van der Waals surface area contributed by atoms with Gasteiger partial charge in [-0.3, -0.25) is 0 Å². The number of hydrogen-bond acceptors (Lipinski definition) is 4. The molecular formula is C17H25NO3. The number of aryl methyl sites for hydroxylation is 2. The second-order valence-electron chi connectivity index (χ2n) is 6.17. The molecule has 1 N–H and O–H groups in total. The fourth-order valence-electron chi connectivity index (χ4n) is 3.42. The van der Waals surface area contributed by atoms with Crippen LogP contribution in [0.5, 0.6) is 5.75 Å². The van der Waals surface area contributed by atoms with Crippen molar-refractivity contribution in [2.45, 2.75) is 51.0 Å². The largest absolute Gasteiger partial charge is 0.488 e. The van der Waals surface area contributed by atoms with Crippen molar-refractivity contribution in [2.24, 2.45) is 0 Å². The van der Waals surface area contributed by atoms with Gasteiger partial charge in [0.2, 0.25) is 0 Å². The average Bonchev–Trinajstić information content (AvgIpc) is 2.90. The molecule has 1 heterocycles. The molecule has 21 heavy (non-hydrogen) atoms. The maximum absolute atomic E-state index is 6.31. The molecule has 1 aliphatic carbocycles. The van der Waals surface area contributed by atoms with Crippen LogP contribution in [-0.2, 0) is 9.47 Å². The Morgan fingerprint density at radius 3 is 2.67 bits per heavy atom. The minimum Gasteiger partial charge on any atom is -0.488 e. The van der Waals surface area contributed by atoms with Crippen molar-refractivity contribution in [3.8, 4) is 5.75 Å². The van der Waals surface area contributed by atoms with Gasteiger partial charge in [-0.25, -0.2) is 0 Å². The Labute approximate surface area is 126 Å². The van der Waals surface area contributed by atoms with E-state index in [0.29, 0.717) is 19.3 Å². The van der Waals surface area contributed by atoms with Crippen LogP contribution in [0.15, 0.2) is 18.2 Å². The van der Waals surface area contributed by atoms with E-state index in [-0.39, 0.29) is 6.10 Å². The standard InChI is InChI=1S/C17H25NO3/c1-12-4-5-15(13(2)10-12)21-16-11-17(19-8-9-20-17)7-6-14(16)18-3/h4-5,10,14,16,18H,6-9,11H2,1-3H3. The molecule has 2 aliphatic rings. The first kappa shape index (κ1) is 14.8. The third kappa shape index (κ3) is 3.07. The van der Waals surface area contributed by atoms with E-state index in [9.17, 15) is 0 Å². The van der Waals surface area contributed by atoms with Gasteiger partial charge in [0.25, 0.3) is 0 Å². The lowest BCUT2D eigenvalue weighted by Gasteiger charge is -2.41. The minimum atomic E-state index is -0.420. The average molecular weight is 291 g/mol. The van der Waals surface area contributed by atoms with Crippen LogP contribution in [0, 0.1) is 13.8 Å². The second-order valence-corrected chi connectivity index (χ2v) is 6.17. The maximum atomic E-state index is 6.31. The predicted molar refractivity (Wildman–Crippen MR) is 81.7 cm³/mol. The molecule has 0 amide bonds. The van der Waals surface area contributed by atoms with Crippen LogP contribution >= 0.6 is 0 Å². The monoisotopic (exact) mass is 291 g/mol. The Hall–Kier alpha value is -1.10. The molecule has 0 radical (unpaired) electrons. The summed E-state index contributed by atoms with van der Waals surface area (Å²) in [6.45, 7) is 5.59. The molecule has 2 unspecified atom stereocenters. The summed E-state index contributed by atoms with van der Waals surface area (Å²) in [5.41, 5.74) is 2.44. The summed E-state index contributed by atoms with van der Waals surface area (Å²) < 4.78 is 18.0. The van der Waals surface area contributed by atoms with Gasteiger partial charge in [-0.1, -0.05) is 17.7 Å². The van der Waals surface area contributed by atoms with E-state index in [1.54, 1.807) is 0 Å². The number of likely N-dealkylation sites (N-methyl/N-ethyl adjacent to an activating group) is 1. The number of benzene rings is 1. The molecule has 1 saturated carbocycles. The minimum absolute atomic E-state index is 0.0725. The van der Waals surface area contributed by atoms with E-state index in [1.165, 1.54) is 11.1 Å². The van der Waals surface area contributed by atoms with Crippen LogP contribution in [0.4, 0.5) is 0 Å². The third-order valence-electron chi connectivity index (χ3n) is 4.59. The van der Waals surface area contributed by atoms with Crippen molar-refractivity contribution >= 4 is 0 Å². The highest BCUT2D eigenvalue weighted by Gasteiger charge is 2.45. The topological polar surface area (TPSA) is 39.7 Å². The molecule has 3 rings (SSSR count). The summed E-state index contributed by atoms with van der Waals surface area (Å²) in [4.78, 5) is 0. The predicted octanol–water partition coefficient (Wildman–Crippen LogP) is 2.57. The summed E-state index contributed by atoms with van der Waals surface area (Å²) in [5, 5.41) is 3.38. The van der Waals surface area contributed by atoms with Gasteiger partial charge in [0.15, 0.2) is 5.79 Å². The zero-order valence-corrected chi connectivity index (χ0v) is 13.1. The third-order valence-corrected chi connectivity index (χ3v) is 4.59. The first-order valence-electron chi connectivity index (χ1n) is 7.81. The van der Waals surface area contributed by atoms with Gasteiger partial charge in [0.05, 0.1) is 13.2 Å². The number of rotatable bonds is 3. The summed E-state index contributed by atoms with van der Waals surface area (Å²) in [6, 6.07) is 6.65. The molecule has 116 valence electrons. The highest BCUT2D eigenvalue weighted by atomic mass is 16.7. The Balaban J connectivity index is 1.76. The highest BCUT2D eigenvalue weighted by molar-refractivity contribution is 5.36. The molecule has 0 bridgehead atoms. The van der Waals surface area contributed by atoms with Gasteiger partial charge >= 0.3 is 0 Å². The van der Waals surface area contributed by atoms with Crippen LogP contribution in [0.3, 0.4) is 0 Å². The van der Waals surface area contributed by atoms with Gasteiger partial charge in [-0.05, 0) is 38.9 Å². The lowest BCUT2D eigenvalue weighted by molar-refractivity contribution is -0.196. The Kier molecular flexibility index (Phi) is 4.20. The van der Waals surface area contributed by atoms with Gasteiger partial charge in [0, 0.05) is 18.9 Å². The molecule has 1 saturated heterocycles. The van der Waals surface area contributed by atoms with Crippen molar-refractivity contribution in [1.29, 1.82) is 0 Å². The Morgan fingerprint density at radius 1 is 1.24 bits per heavy atom. The van der Waals surface area contributed by atoms with Gasteiger partial charge in [-0.15, -0.1) is 0 Å². The van der Waals surface area contributed by atoms with Crippen molar-refractivity contribution in [1.82, 2.24) is 5.32 Å². The molecule has 2 fully saturated rings. The van der Waals surface area contributed by atoms with Crippen LogP contribution < -0.4 is 10.1 Å². The summed E-state index contributed by atoms with van der Waals surface area (Å²) in [6.07, 6.45) is 2.80. The molecule has 0 aromatic heterocycles. The lowest BCUT2D eigenvalue weighted by atomic mass is 9.87. The van der Waals surface area contributed by atoms with Crippen molar-refractivity contribution in [2.75, 3.05) is 20.3 Å². The van der Waals surface area contributed by atoms with Crippen LogP contribution in [-0.4, -0.2) is 38.2 Å². The fraction of sp³-hybridized carbons (Fsp3) is 0.647. The molecule has 1 aromatic carbocycles. The second kappa shape index (κ2) is 5.95. The zero-order chi connectivity index (χ0) is 14.9. The lowest BCUT2D eigenvalue weighted by Crippen LogP contribution is -2.52. The van der Waals surface area contributed by atoms with Gasteiger partial charge < -0.3 is 19.5 Å². The summed E-state index contributed by atoms with van der Waals surface area (Å²) >= 11 is 0. The van der Waals surface area contributed by atoms with E-state index in [2.05, 4.69) is 37.4 Å². The van der Waals surface area contributed by atoms with Crippen LogP contribution in [0.1, 0.15) is 30.4 Å². The molecule has 1 aliphatic heterocycles. The molecule has 1 aromatic rings. The molecule has 2 atom stereocenters. The van der Waals surface area contributed by atoms with Crippen LogP contribution in [0.25, 0.3) is 0 Å². The summed E-state index contributed by atoms with van der Waals surface area (Å²) in [5.74, 6) is 0.539. The zero-order valence-electron chi connectivity index (χ0n) is 13.1. The van der Waals surface area contributed by atoms with Gasteiger partial charge in [0.1, 0.15) is 11.9 Å². The first-order chi connectivity index (χ1) is 10.1. The number of hydrogen-bond donors (Lipinski definition) is 1. The van der Waals surface area contributed by atoms with Crippen molar-refractivity contribution in [3.05, 3.63) is 29.3 Å². The van der Waals surface area contributed by atoms with E-state index < -0.39 is 5.79 Å². The smallest absolute Gasteiger partial charge is 0.172 e. The Bertz CT molecular complexity index is 497. The van der Waals surface area contributed by atoms with E-state index in [1.807, 2.05) is 7.05 Å². The quantitative estimate of drug-likeness (QED) is 0.929. The van der Waals surface area contributed by atoms with Crippen molar-refractivity contribution in [3.63, 3.8) is 0 Å². The molecular weight excluding hydrogens is 266 g/mol. The molecule has 1 spiro atoms. The van der Waals surface area contributed by atoms with E-state index in [4.69, 9.17) is 14.2 Å². The number of ether oxygens (including phenoxy) is 3. The normalized spacial score (nSPS) is 28.0.